The third-order valence-corrected chi connectivity index (χ3v) is 6.43. The lowest BCUT2D eigenvalue weighted by Gasteiger charge is -2.14. The quantitative estimate of drug-likeness (QED) is 0.189. The first-order chi connectivity index (χ1) is 18.8. The standard InChI is InChI=1S/C30H27F2N7/c1-6-18(14-21(7-2)35-17(5)16(3)4)26-25(32)24-23(15-34-26)38-39-28(24)30-36-27-22(12-13-33-29(27)37-30)19-8-10-20(31)11-9-19/h6-16,35H,2,5H2,1,3-4H3,(H,38,39)(H,33,36,37)/b18-6+,21-14+. The highest BCUT2D eigenvalue weighted by Crippen LogP contribution is 2.33. The highest BCUT2D eigenvalue weighted by Gasteiger charge is 2.21. The average molecular weight is 524 g/mol. The van der Waals surface area contributed by atoms with Crippen molar-refractivity contribution in [2.45, 2.75) is 20.8 Å². The maximum atomic E-state index is 16.1. The van der Waals surface area contributed by atoms with Crippen LogP contribution in [0.15, 0.2) is 85.5 Å². The van der Waals surface area contributed by atoms with Gasteiger partial charge in [-0.05, 0) is 48.8 Å². The summed E-state index contributed by atoms with van der Waals surface area (Å²) in [6.07, 6.45) is 8.37. The average Bonchev–Trinajstić information content (AvgIpc) is 3.56. The minimum absolute atomic E-state index is 0.158. The summed E-state index contributed by atoms with van der Waals surface area (Å²) >= 11 is 0. The SMILES string of the molecule is C=C/C(=C\C(=C/C)c1ncc2[nH]nc(-c3nc4nccc(-c5ccc(F)cc5)c4[nH]3)c2c1F)NC(=C)C(C)C. The Morgan fingerprint density at radius 2 is 1.87 bits per heavy atom. The molecule has 0 fully saturated rings. The fourth-order valence-corrected chi connectivity index (χ4v) is 4.17. The van der Waals surface area contributed by atoms with Gasteiger partial charge in [0.2, 0.25) is 0 Å². The number of aromatic nitrogens is 6. The summed E-state index contributed by atoms with van der Waals surface area (Å²) in [6, 6.07) is 7.96. The Bertz CT molecular complexity index is 1770. The van der Waals surface area contributed by atoms with Gasteiger partial charge in [-0.1, -0.05) is 45.2 Å². The first-order valence-corrected chi connectivity index (χ1v) is 12.4. The molecule has 0 amide bonds. The van der Waals surface area contributed by atoms with E-state index in [0.717, 1.165) is 16.8 Å². The van der Waals surface area contributed by atoms with E-state index in [9.17, 15) is 4.39 Å². The van der Waals surface area contributed by atoms with E-state index in [2.05, 4.69) is 48.6 Å². The number of nitrogens with zero attached hydrogens (tertiary/aromatic N) is 4. The molecule has 0 unspecified atom stereocenters. The summed E-state index contributed by atoms with van der Waals surface area (Å²) in [5.74, 6) is -0.315. The molecule has 0 radical (unpaired) electrons. The molecule has 0 saturated heterocycles. The molecule has 5 aromatic rings. The van der Waals surface area contributed by atoms with E-state index < -0.39 is 5.82 Å². The Balaban J connectivity index is 1.60. The topological polar surface area (TPSA) is 95.2 Å². The van der Waals surface area contributed by atoms with E-state index in [-0.39, 0.29) is 22.8 Å². The molecule has 39 heavy (non-hydrogen) atoms. The number of allylic oxidation sites excluding steroid dienone is 5. The maximum absolute atomic E-state index is 16.1. The van der Waals surface area contributed by atoms with Crippen LogP contribution in [0.1, 0.15) is 26.5 Å². The zero-order chi connectivity index (χ0) is 27.7. The number of benzene rings is 1. The minimum atomic E-state index is -0.543. The van der Waals surface area contributed by atoms with Crippen molar-refractivity contribution in [3.05, 3.63) is 103 Å². The van der Waals surface area contributed by atoms with Gasteiger partial charge in [-0.15, -0.1) is 0 Å². The number of H-pyrrole nitrogens is 2. The van der Waals surface area contributed by atoms with Crippen molar-refractivity contribution in [1.82, 2.24) is 35.5 Å². The molecule has 0 spiro atoms. The Hall–Kier alpha value is -4.92. The van der Waals surface area contributed by atoms with Crippen molar-refractivity contribution in [1.29, 1.82) is 0 Å². The van der Waals surface area contributed by atoms with Crippen molar-refractivity contribution in [2.24, 2.45) is 5.92 Å². The minimum Gasteiger partial charge on any atom is -0.359 e. The first kappa shape index (κ1) is 25.7. The molecule has 196 valence electrons. The zero-order valence-electron chi connectivity index (χ0n) is 21.8. The molecule has 0 atom stereocenters. The number of nitrogens with one attached hydrogen (secondary N) is 3. The predicted molar refractivity (Wildman–Crippen MR) is 151 cm³/mol. The second-order valence-electron chi connectivity index (χ2n) is 9.28. The lowest BCUT2D eigenvalue weighted by Crippen LogP contribution is -2.14. The van der Waals surface area contributed by atoms with Gasteiger partial charge in [0, 0.05) is 28.7 Å². The number of halogens is 2. The normalized spacial score (nSPS) is 12.5. The molecule has 1 aromatic carbocycles. The highest BCUT2D eigenvalue weighted by atomic mass is 19.1. The fourth-order valence-electron chi connectivity index (χ4n) is 4.17. The van der Waals surface area contributed by atoms with E-state index in [0.29, 0.717) is 39.5 Å². The number of aromatic amines is 2. The molecule has 0 aliphatic carbocycles. The number of pyridine rings is 2. The van der Waals surface area contributed by atoms with Crippen LogP contribution in [0.4, 0.5) is 8.78 Å². The van der Waals surface area contributed by atoms with Crippen LogP contribution in [0.25, 0.3) is 50.3 Å². The van der Waals surface area contributed by atoms with Gasteiger partial charge in [0.25, 0.3) is 0 Å². The summed E-state index contributed by atoms with van der Waals surface area (Å²) in [7, 11) is 0. The van der Waals surface area contributed by atoms with Crippen molar-refractivity contribution in [2.75, 3.05) is 0 Å². The fraction of sp³-hybridized carbons (Fsp3) is 0.133. The summed E-state index contributed by atoms with van der Waals surface area (Å²) in [5.41, 5.74) is 5.57. The summed E-state index contributed by atoms with van der Waals surface area (Å²) in [5, 5.41) is 10.7. The van der Waals surface area contributed by atoms with E-state index in [1.807, 2.05) is 26.8 Å². The molecule has 5 rings (SSSR count). The lowest BCUT2D eigenvalue weighted by molar-refractivity contribution is 0.628. The number of imidazole rings is 1. The third kappa shape index (κ3) is 4.86. The molecule has 0 saturated carbocycles. The molecule has 4 aromatic heterocycles. The second-order valence-corrected chi connectivity index (χ2v) is 9.28. The van der Waals surface area contributed by atoms with Gasteiger partial charge in [-0.25, -0.2) is 18.7 Å². The first-order valence-electron chi connectivity index (χ1n) is 12.4. The number of hydrogen-bond donors (Lipinski definition) is 3. The van der Waals surface area contributed by atoms with E-state index in [4.69, 9.17) is 0 Å². The number of fused-ring (bicyclic) bond motifs is 2. The van der Waals surface area contributed by atoms with Gasteiger partial charge in [-0.3, -0.25) is 10.1 Å². The molecule has 0 aliphatic rings. The van der Waals surface area contributed by atoms with Gasteiger partial charge < -0.3 is 10.3 Å². The van der Waals surface area contributed by atoms with Gasteiger partial charge in [0.05, 0.1) is 22.6 Å². The van der Waals surface area contributed by atoms with Crippen LogP contribution in [0.3, 0.4) is 0 Å². The Morgan fingerprint density at radius 3 is 2.56 bits per heavy atom. The molecule has 0 aliphatic heterocycles. The van der Waals surface area contributed by atoms with Gasteiger partial charge in [0.1, 0.15) is 17.2 Å². The molecular weight excluding hydrogens is 496 g/mol. The van der Waals surface area contributed by atoms with Crippen LogP contribution in [0.2, 0.25) is 0 Å². The van der Waals surface area contributed by atoms with Crippen LogP contribution in [0.5, 0.6) is 0 Å². The van der Waals surface area contributed by atoms with Crippen LogP contribution in [0, 0.1) is 17.6 Å². The van der Waals surface area contributed by atoms with Crippen molar-refractivity contribution in [3.8, 4) is 22.6 Å². The van der Waals surface area contributed by atoms with Crippen LogP contribution < -0.4 is 5.32 Å². The molecule has 4 heterocycles. The molecule has 7 nitrogen and oxygen atoms in total. The molecule has 3 N–H and O–H groups in total. The van der Waals surface area contributed by atoms with Crippen molar-refractivity contribution in [3.63, 3.8) is 0 Å². The van der Waals surface area contributed by atoms with Crippen LogP contribution in [-0.2, 0) is 0 Å². The van der Waals surface area contributed by atoms with Crippen LogP contribution >= 0.6 is 0 Å². The Morgan fingerprint density at radius 1 is 1.10 bits per heavy atom. The van der Waals surface area contributed by atoms with Gasteiger partial charge in [0.15, 0.2) is 17.3 Å². The lowest BCUT2D eigenvalue weighted by atomic mass is 10.1. The summed E-state index contributed by atoms with van der Waals surface area (Å²) in [4.78, 5) is 16.6. The van der Waals surface area contributed by atoms with Gasteiger partial charge >= 0.3 is 0 Å². The molecule has 9 heteroatoms. The number of rotatable bonds is 8. The Labute approximate surface area is 224 Å². The van der Waals surface area contributed by atoms with E-state index >= 15 is 4.39 Å². The molecule has 0 bridgehead atoms. The van der Waals surface area contributed by atoms with Crippen molar-refractivity contribution < 1.29 is 8.78 Å². The highest BCUT2D eigenvalue weighted by molar-refractivity contribution is 5.97. The largest absolute Gasteiger partial charge is 0.359 e. The summed E-state index contributed by atoms with van der Waals surface area (Å²) in [6.45, 7) is 13.8. The van der Waals surface area contributed by atoms with E-state index in [1.165, 1.54) is 12.1 Å². The maximum Gasteiger partial charge on any atom is 0.178 e. The molecular formula is C30H27F2N7. The second kappa shape index (κ2) is 10.4. The number of hydrogen-bond acceptors (Lipinski definition) is 5. The summed E-state index contributed by atoms with van der Waals surface area (Å²) < 4.78 is 29.6. The monoisotopic (exact) mass is 523 g/mol. The zero-order valence-corrected chi connectivity index (χ0v) is 21.8. The smallest absolute Gasteiger partial charge is 0.178 e. The third-order valence-electron chi connectivity index (χ3n) is 6.43. The predicted octanol–water partition coefficient (Wildman–Crippen LogP) is 7.07. The van der Waals surface area contributed by atoms with E-state index in [1.54, 1.807) is 42.8 Å². The van der Waals surface area contributed by atoms with Gasteiger partial charge in [-0.2, -0.15) is 5.10 Å². The van der Waals surface area contributed by atoms with Crippen LogP contribution in [-0.4, -0.2) is 30.1 Å². The van der Waals surface area contributed by atoms with Crippen molar-refractivity contribution >= 4 is 27.6 Å². The Kier molecular flexibility index (Phi) is 6.89.